The minimum absolute atomic E-state index is 0.173. The molecule has 0 radical (unpaired) electrons. The molecule has 0 spiro atoms. The first-order chi connectivity index (χ1) is 13.1. The topological polar surface area (TPSA) is 109 Å². The van der Waals surface area contributed by atoms with E-state index in [0.29, 0.717) is 12.1 Å². The van der Waals surface area contributed by atoms with Crippen LogP contribution < -0.4 is 21.7 Å². The van der Waals surface area contributed by atoms with Gasteiger partial charge in [0.1, 0.15) is 0 Å². The Labute approximate surface area is 163 Å². The number of guanidine groups is 1. The molecule has 0 bridgehead atoms. The Hall–Kier alpha value is -2.87. The molecule has 0 saturated heterocycles. The van der Waals surface area contributed by atoms with E-state index in [4.69, 9.17) is 5.73 Å². The molecule has 2 rings (SSSR count). The van der Waals surface area contributed by atoms with Crippen LogP contribution in [-0.2, 0) is 17.8 Å². The lowest BCUT2D eigenvalue weighted by molar-refractivity contribution is -0.117. The van der Waals surface area contributed by atoms with Crippen LogP contribution in [0.5, 0.6) is 0 Å². The Kier molecular flexibility index (Phi) is 8.31. The number of nitrogens with two attached hydrogens (primary N) is 1. The van der Waals surface area contributed by atoms with Gasteiger partial charge >= 0.3 is 0 Å². The lowest BCUT2D eigenvalue weighted by atomic mass is 10.1. The molecule has 0 aliphatic heterocycles. The number of hydrogen-bond acceptors (Lipinski definition) is 4. The minimum Gasteiger partial charge on any atom is -0.368 e. The molecule has 8 heteroatoms. The summed E-state index contributed by atoms with van der Waals surface area (Å²) in [5, 5.41) is 11.1. The summed E-state index contributed by atoms with van der Waals surface area (Å²) >= 11 is 1.75. The van der Waals surface area contributed by atoms with Crippen LogP contribution in [0.25, 0.3) is 0 Å². The summed E-state index contributed by atoms with van der Waals surface area (Å²) in [4.78, 5) is 28.5. The molecule has 5 N–H and O–H groups in total. The standard InChI is InChI=1S/C19H25N5O2S/c1-2-21-19(22-10-9-16-4-3-11-27-16)24-12-14-5-7-15(8-6-14)18(26)23-13-17(20)25/h3-8,11H,2,9-10,12-13H2,1H3,(H2,20,25)(H,23,26)(H2,21,22,24). The summed E-state index contributed by atoms with van der Waals surface area (Å²) in [6.07, 6.45) is 0.956. The molecule has 27 heavy (non-hydrogen) atoms. The van der Waals surface area contributed by atoms with Gasteiger partial charge in [0.2, 0.25) is 5.91 Å². The number of carbonyl (C=O) groups is 2. The second-order valence-corrected chi connectivity index (χ2v) is 6.83. The fourth-order valence-electron chi connectivity index (χ4n) is 2.30. The number of carbonyl (C=O) groups excluding carboxylic acids is 2. The second-order valence-electron chi connectivity index (χ2n) is 5.80. The highest BCUT2D eigenvalue weighted by atomic mass is 32.1. The molecule has 0 atom stereocenters. The van der Waals surface area contributed by atoms with Crippen molar-refractivity contribution in [3.05, 3.63) is 57.8 Å². The molecule has 7 nitrogen and oxygen atoms in total. The highest BCUT2D eigenvalue weighted by molar-refractivity contribution is 7.09. The maximum atomic E-state index is 11.9. The van der Waals surface area contributed by atoms with Crippen molar-refractivity contribution in [2.45, 2.75) is 19.9 Å². The van der Waals surface area contributed by atoms with E-state index >= 15 is 0 Å². The Bertz CT molecular complexity index is 757. The number of primary amides is 1. The molecule has 0 aliphatic carbocycles. The zero-order chi connectivity index (χ0) is 19.5. The number of nitrogens with zero attached hydrogens (tertiary/aromatic N) is 1. The predicted molar refractivity (Wildman–Crippen MR) is 109 cm³/mol. The first-order valence-corrected chi connectivity index (χ1v) is 9.66. The molecule has 1 aromatic carbocycles. The molecule has 0 fully saturated rings. The van der Waals surface area contributed by atoms with Gasteiger partial charge in [0.15, 0.2) is 5.96 Å². The van der Waals surface area contributed by atoms with E-state index in [0.717, 1.165) is 31.0 Å². The molecule has 1 aromatic heterocycles. The molecule has 144 valence electrons. The van der Waals surface area contributed by atoms with Gasteiger partial charge < -0.3 is 21.7 Å². The van der Waals surface area contributed by atoms with E-state index in [1.165, 1.54) is 4.88 Å². The highest BCUT2D eigenvalue weighted by Gasteiger charge is 2.06. The smallest absolute Gasteiger partial charge is 0.251 e. The van der Waals surface area contributed by atoms with Crippen LogP contribution in [0.3, 0.4) is 0 Å². The summed E-state index contributed by atoms with van der Waals surface area (Å²) in [6.45, 7) is 3.94. The van der Waals surface area contributed by atoms with Crippen molar-refractivity contribution in [2.75, 3.05) is 19.6 Å². The lowest BCUT2D eigenvalue weighted by Crippen LogP contribution is -2.38. The van der Waals surface area contributed by atoms with Gasteiger partial charge in [-0.25, -0.2) is 4.99 Å². The molecule has 1 heterocycles. The second kappa shape index (κ2) is 11.0. The predicted octanol–water partition coefficient (Wildman–Crippen LogP) is 1.26. The van der Waals surface area contributed by atoms with E-state index in [1.54, 1.807) is 23.5 Å². The number of thiophene rings is 1. The van der Waals surface area contributed by atoms with Crippen LogP contribution >= 0.6 is 11.3 Å². The lowest BCUT2D eigenvalue weighted by Gasteiger charge is -2.11. The third kappa shape index (κ3) is 7.49. The number of aliphatic imine (C=N–C) groups is 1. The van der Waals surface area contributed by atoms with Crippen LogP contribution in [0.15, 0.2) is 46.8 Å². The van der Waals surface area contributed by atoms with Crippen molar-refractivity contribution in [2.24, 2.45) is 10.7 Å². The maximum absolute atomic E-state index is 11.9. The van der Waals surface area contributed by atoms with Crippen LogP contribution in [0.1, 0.15) is 27.7 Å². The van der Waals surface area contributed by atoms with Crippen molar-refractivity contribution in [3.8, 4) is 0 Å². The van der Waals surface area contributed by atoms with Crippen LogP contribution in [0.4, 0.5) is 0 Å². The van der Waals surface area contributed by atoms with Gasteiger partial charge in [-0.3, -0.25) is 9.59 Å². The normalized spacial score (nSPS) is 11.1. The quantitative estimate of drug-likeness (QED) is 0.384. The SMILES string of the molecule is CCNC(=NCc1ccc(C(=O)NCC(N)=O)cc1)NCCc1cccs1. The van der Waals surface area contributed by atoms with Gasteiger partial charge in [0.05, 0.1) is 13.1 Å². The van der Waals surface area contributed by atoms with E-state index in [-0.39, 0.29) is 12.5 Å². The zero-order valence-corrected chi connectivity index (χ0v) is 16.1. The largest absolute Gasteiger partial charge is 0.368 e. The summed E-state index contributed by atoms with van der Waals surface area (Å²) in [7, 11) is 0. The molecule has 0 aliphatic rings. The third-order valence-electron chi connectivity index (χ3n) is 3.65. The Morgan fingerprint density at radius 3 is 2.52 bits per heavy atom. The van der Waals surface area contributed by atoms with E-state index in [2.05, 4.69) is 38.5 Å². The van der Waals surface area contributed by atoms with E-state index in [9.17, 15) is 9.59 Å². The monoisotopic (exact) mass is 387 g/mol. The number of rotatable bonds is 9. The Morgan fingerprint density at radius 1 is 1.11 bits per heavy atom. The first-order valence-electron chi connectivity index (χ1n) is 8.78. The summed E-state index contributed by atoms with van der Waals surface area (Å²) in [5.74, 6) is -0.137. The van der Waals surface area contributed by atoms with Gasteiger partial charge in [-0.15, -0.1) is 11.3 Å². The molecule has 2 amide bonds. The minimum atomic E-state index is -0.572. The van der Waals surface area contributed by atoms with E-state index < -0.39 is 5.91 Å². The summed E-state index contributed by atoms with van der Waals surface area (Å²) in [5.41, 5.74) is 6.48. The van der Waals surface area contributed by atoms with Gasteiger partial charge in [-0.2, -0.15) is 0 Å². The maximum Gasteiger partial charge on any atom is 0.251 e. The number of benzene rings is 1. The van der Waals surface area contributed by atoms with E-state index in [1.807, 2.05) is 19.1 Å². The van der Waals surface area contributed by atoms with Gasteiger partial charge in [0, 0.05) is 23.5 Å². The van der Waals surface area contributed by atoms with Crippen LogP contribution in [0, 0.1) is 0 Å². The number of nitrogens with one attached hydrogen (secondary N) is 3. The first kappa shape index (κ1) is 20.4. The molecule has 2 aromatic rings. The van der Waals surface area contributed by atoms with Crippen molar-refractivity contribution < 1.29 is 9.59 Å². The molecular weight excluding hydrogens is 362 g/mol. The van der Waals surface area contributed by atoms with Gasteiger partial charge in [-0.1, -0.05) is 18.2 Å². The number of amides is 2. The van der Waals surface area contributed by atoms with Crippen LogP contribution in [0.2, 0.25) is 0 Å². The van der Waals surface area contributed by atoms with Crippen molar-refractivity contribution in [1.82, 2.24) is 16.0 Å². The average Bonchev–Trinajstić information content (AvgIpc) is 3.18. The third-order valence-corrected chi connectivity index (χ3v) is 4.58. The Balaban J connectivity index is 1.86. The fraction of sp³-hybridized carbons (Fsp3) is 0.316. The summed E-state index contributed by atoms with van der Waals surface area (Å²) in [6, 6.07) is 11.3. The molecule has 0 saturated carbocycles. The van der Waals surface area contributed by atoms with Crippen LogP contribution in [-0.4, -0.2) is 37.4 Å². The highest BCUT2D eigenvalue weighted by Crippen LogP contribution is 2.08. The van der Waals surface area contributed by atoms with Gasteiger partial charge in [0.25, 0.3) is 5.91 Å². The summed E-state index contributed by atoms with van der Waals surface area (Å²) < 4.78 is 0. The zero-order valence-electron chi connectivity index (χ0n) is 15.3. The Morgan fingerprint density at radius 2 is 1.89 bits per heavy atom. The molecular formula is C19H25N5O2S. The number of hydrogen-bond donors (Lipinski definition) is 4. The fourth-order valence-corrected chi connectivity index (χ4v) is 3.01. The molecule has 0 unspecified atom stereocenters. The van der Waals surface area contributed by atoms with Gasteiger partial charge in [-0.05, 0) is 42.5 Å². The average molecular weight is 388 g/mol. The van der Waals surface area contributed by atoms with Crippen molar-refractivity contribution >= 4 is 29.1 Å². The van der Waals surface area contributed by atoms with Crippen molar-refractivity contribution in [1.29, 1.82) is 0 Å². The van der Waals surface area contributed by atoms with Crippen molar-refractivity contribution in [3.63, 3.8) is 0 Å².